The lowest BCUT2D eigenvalue weighted by Gasteiger charge is -2.13. The number of fused-ring (bicyclic) bond motifs is 1. The van der Waals surface area contributed by atoms with Crippen LogP contribution in [0.1, 0.15) is 16.7 Å². The van der Waals surface area contributed by atoms with E-state index < -0.39 is 5.56 Å². The maximum atomic E-state index is 13.5. The molecule has 0 bridgehead atoms. The van der Waals surface area contributed by atoms with Gasteiger partial charge < -0.3 is 4.42 Å². The Balaban J connectivity index is 1.69. The molecule has 0 saturated carbocycles. The van der Waals surface area contributed by atoms with Gasteiger partial charge in [-0.2, -0.15) is 0 Å². The van der Waals surface area contributed by atoms with E-state index in [4.69, 9.17) is 16.0 Å². The van der Waals surface area contributed by atoms with Gasteiger partial charge in [0.1, 0.15) is 11.3 Å². The highest BCUT2D eigenvalue weighted by Gasteiger charge is 2.17. The number of hydrogen-bond donors (Lipinski definition) is 0. The molecular formula is C27H21ClN2O3. The second-order valence-electron chi connectivity index (χ2n) is 8.07. The van der Waals surface area contributed by atoms with Crippen LogP contribution in [-0.2, 0) is 13.1 Å². The number of aryl methyl sites for hydroxylation is 1. The summed E-state index contributed by atoms with van der Waals surface area (Å²) < 4.78 is 8.85. The van der Waals surface area contributed by atoms with Gasteiger partial charge in [-0.15, -0.1) is 0 Å². The first-order valence-corrected chi connectivity index (χ1v) is 11.0. The topological polar surface area (TPSA) is 57.1 Å². The molecule has 0 spiro atoms. The molecule has 164 valence electrons. The van der Waals surface area contributed by atoms with Crippen LogP contribution in [-0.4, -0.2) is 9.13 Å². The third-order valence-corrected chi connectivity index (χ3v) is 6.09. The Bertz CT molecular complexity index is 1530. The number of nitrogens with zero attached hydrogens (tertiary/aromatic N) is 2. The molecule has 33 heavy (non-hydrogen) atoms. The van der Waals surface area contributed by atoms with Crippen molar-refractivity contribution >= 4 is 22.6 Å². The van der Waals surface area contributed by atoms with Crippen molar-refractivity contribution in [3.05, 3.63) is 128 Å². The zero-order valence-corrected chi connectivity index (χ0v) is 18.8. The van der Waals surface area contributed by atoms with Crippen LogP contribution in [0.25, 0.3) is 22.3 Å². The second kappa shape index (κ2) is 8.60. The number of benzene rings is 3. The second-order valence-corrected chi connectivity index (χ2v) is 8.47. The Morgan fingerprint density at radius 3 is 2.15 bits per heavy atom. The van der Waals surface area contributed by atoms with Crippen LogP contribution in [0.2, 0.25) is 5.02 Å². The highest BCUT2D eigenvalue weighted by Crippen LogP contribution is 2.30. The Labute approximate surface area is 195 Å². The zero-order valence-electron chi connectivity index (χ0n) is 18.0. The van der Waals surface area contributed by atoms with Gasteiger partial charge in [0.2, 0.25) is 0 Å². The molecule has 5 rings (SSSR count). The van der Waals surface area contributed by atoms with E-state index in [9.17, 15) is 9.59 Å². The monoisotopic (exact) mass is 456 g/mol. The summed E-state index contributed by atoms with van der Waals surface area (Å²) in [5, 5.41) is 1.43. The normalized spacial score (nSPS) is 11.2. The molecule has 0 unspecified atom stereocenters. The zero-order chi connectivity index (χ0) is 22.9. The predicted octanol–water partition coefficient (Wildman–Crippen LogP) is 5.48. The molecule has 0 amide bonds. The molecule has 6 heteroatoms. The van der Waals surface area contributed by atoms with E-state index >= 15 is 0 Å². The number of halogens is 1. The number of rotatable bonds is 5. The van der Waals surface area contributed by atoms with E-state index in [-0.39, 0.29) is 12.2 Å². The van der Waals surface area contributed by atoms with Crippen molar-refractivity contribution in [2.45, 2.75) is 20.0 Å². The third kappa shape index (κ3) is 4.15. The summed E-state index contributed by atoms with van der Waals surface area (Å²) >= 11 is 6.27. The van der Waals surface area contributed by atoms with E-state index in [1.165, 1.54) is 4.57 Å². The van der Waals surface area contributed by atoms with Gasteiger partial charge in [-0.05, 0) is 41.8 Å². The third-order valence-electron chi connectivity index (χ3n) is 5.68. The van der Waals surface area contributed by atoms with Crippen LogP contribution in [0, 0.1) is 6.92 Å². The minimum absolute atomic E-state index is 0.173. The minimum Gasteiger partial charge on any atom is -0.456 e. The van der Waals surface area contributed by atoms with E-state index in [0.717, 1.165) is 22.1 Å². The van der Waals surface area contributed by atoms with Crippen molar-refractivity contribution < 1.29 is 4.42 Å². The summed E-state index contributed by atoms with van der Waals surface area (Å²) in [6.07, 6.45) is 1.59. The summed E-state index contributed by atoms with van der Waals surface area (Å²) in [5.41, 5.74) is 2.92. The maximum absolute atomic E-state index is 13.5. The number of aromatic nitrogens is 2. The molecule has 2 aromatic heterocycles. The quantitative estimate of drug-likeness (QED) is 0.352. The molecule has 2 heterocycles. The van der Waals surface area contributed by atoms with Crippen LogP contribution in [0.4, 0.5) is 0 Å². The largest absolute Gasteiger partial charge is 0.456 e. The summed E-state index contributed by atoms with van der Waals surface area (Å²) in [7, 11) is 0. The summed E-state index contributed by atoms with van der Waals surface area (Å²) in [5.74, 6) is 0.403. The van der Waals surface area contributed by atoms with E-state index in [1.807, 2.05) is 79.7 Å². The van der Waals surface area contributed by atoms with Gasteiger partial charge in [0.05, 0.1) is 18.7 Å². The van der Waals surface area contributed by atoms with Gasteiger partial charge >= 0.3 is 5.69 Å². The van der Waals surface area contributed by atoms with Crippen molar-refractivity contribution in [1.82, 2.24) is 9.13 Å². The van der Waals surface area contributed by atoms with Gasteiger partial charge in [0.15, 0.2) is 0 Å². The Kier molecular flexibility index (Phi) is 5.48. The standard InChI is InChI=1S/C27H21ClN2O3/c1-18-12-24-21(13-23(18)28)14-25(33-24)22-17-29(15-19-8-4-2-5-9-19)27(32)30(26(22)31)16-20-10-6-3-7-11-20/h2-14,17H,15-16H2,1H3. The number of furan rings is 1. The van der Waals surface area contributed by atoms with Gasteiger partial charge in [-0.25, -0.2) is 4.79 Å². The van der Waals surface area contributed by atoms with Crippen LogP contribution in [0.5, 0.6) is 0 Å². The SMILES string of the molecule is Cc1cc2oc(-c3cn(Cc4ccccc4)c(=O)n(Cc4ccccc4)c3=O)cc2cc1Cl. The van der Waals surface area contributed by atoms with Gasteiger partial charge in [-0.3, -0.25) is 13.9 Å². The van der Waals surface area contributed by atoms with Gasteiger partial charge in [0.25, 0.3) is 5.56 Å². The van der Waals surface area contributed by atoms with E-state index in [0.29, 0.717) is 28.5 Å². The average Bonchev–Trinajstić information content (AvgIpc) is 3.22. The van der Waals surface area contributed by atoms with E-state index in [2.05, 4.69) is 0 Å². The van der Waals surface area contributed by atoms with Crippen LogP contribution in [0.3, 0.4) is 0 Å². The van der Waals surface area contributed by atoms with Gasteiger partial charge in [-0.1, -0.05) is 72.3 Å². The van der Waals surface area contributed by atoms with Gasteiger partial charge in [0, 0.05) is 16.6 Å². The Morgan fingerprint density at radius 1 is 0.848 bits per heavy atom. The summed E-state index contributed by atoms with van der Waals surface area (Å²) in [6.45, 7) is 2.41. The molecule has 0 aliphatic heterocycles. The molecule has 5 aromatic rings. The Hall–Kier alpha value is -3.83. The average molecular weight is 457 g/mol. The minimum atomic E-state index is -0.393. The molecular weight excluding hydrogens is 436 g/mol. The first kappa shape index (κ1) is 21.0. The van der Waals surface area contributed by atoms with Crippen LogP contribution >= 0.6 is 11.6 Å². The fraction of sp³-hybridized carbons (Fsp3) is 0.111. The lowest BCUT2D eigenvalue weighted by molar-refractivity contribution is 0.596. The molecule has 0 fully saturated rings. The van der Waals surface area contributed by atoms with Crippen molar-refractivity contribution in [2.75, 3.05) is 0 Å². The maximum Gasteiger partial charge on any atom is 0.331 e. The van der Waals surface area contributed by atoms with Crippen molar-refractivity contribution in [1.29, 1.82) is 0 Å². The van der Waals surface area contributed by atoms with E-state index in [1.54, 1.807) is 16.8 Å². The first-order chi connectivity index (χ1) is 16.0. The molecule has 5 nitrogen and oxygen atoms in total. The molecule has 0 N–H and O–H groups in total. The summed E-state index contributed by atoms with van der Waals surface area (Å²) in [6, 6.07) is 24.6. The Morgan fingerprint density at radius 2 is 1.48 bits per heavy atom. The lowest BCUT2D eigenvalue weighted by Crippen LogP contribution is -2.40. The van der Waals surface area contributed by atoms with Crippen molar-refractivity contribution in [2.24, 2.45) is 0 Å². The fourth-order valence-electron chi connectivity index (χ4n) is 3.91. The molecule has 3 aromatic carbocycles. The highest BCUT2D eigenvalue weighted by molar-refractivity contribution is 6.32. The van der Waals surface area contributed by atoms with Crippen molar-refractivity contribution in [3.8, 4) is 11.3 Å². The van der Waals surface area contributed by atoms with Crippen LogP contribution < -0.4 is 11.2 Å². The summed E-state index contributed by atoms with van der Waals surface area (Å²) in [4.78, 5) is 26.8. The molecule has 0 aliphatic rings. The lowest BCUT2D eigenvalue weighted by atomic mass is 10.1. The molecule has 0 aliphatic carbocycles. The van der Waals surface area contributed by atoms with Crippen molar-refractivity contribution in [3.63, 3.8) is 0 Å². The molecule has 0 radical (unpaired) electrons. The highest BCUT2D eigenvalue weighted by atomic mass is 35.5. The molecule has 0 atom stereocenters. The van der Waals surface area contributed by atoms with Crippen LogP contribution in [0.15, 0.2) is 99.1 Å². The smallest absolute Gasteiger partial charge is 0.331 e. The molecule has 0 saturated heterocycles. The predicted molar refractivity (Wildman–Crippen MR) is 131 cm³/mol. The first-order valence-electron chi connectivity index (χ1n) is 10.6. The number of hydrogen-bond acceptors (Lipinski definition) is 3. The fourth-order valence-corrected chi connectivity index (χ4v) is 4.09.